The summed E-state index contributed by atoms with van der Waals surface area (Å²) in [6.45, 7) is 2.01. The molecular formula is C9H8Cl2N4O2. The van der Waals surface area contributed by atoms with Gasteiger partial charge in [0, 0.05) is 6.42 Å². The fourth-order valence-electron chi connectivity index (χ4n) is 1.20. The van der Waals surface area contributed by atoms with Crippen molar-refractivity contribution in [3.8, 4) is 0 Å². The average Bonchev–Trinajstić information content (AvgIpc) is 2.78. The summed E-state index contributed by atoms with van der Waals surface area (Å²) < 4.78 is 6.53. The molecule has 90 valence electrons. The zero-order valence-electron chi connectivity index (χ0n) is 8.85. The standard InChI is InChI=1S/C9H8Cl2N4O2/c1-2-5-13-14-6(17-5)3-15-4-12-8(11)7(10)9(15)16/h4H,2-3H2,1H3. The van der Waals surface area contributed by atoms with Crippen LogP contribution in [0.1, 0.15) is 18.7 Å². The van der Waals surface area contributed by atoms with Crippen LogP contribution in [0, 0.1) is 0 Å². The van der Waals surface area contributed by atoms with E-state index in [0.717, 1.165) is 0 Å². The molecule has 0 aliphatic rings. The molecule has 2 heterocycles. The molecular weight excluding hydrogens is 267 g/mol. The minimum Gasteiger partial charge on any atom is -0.423 e. The molecule has 0 fully saturated rings. The van der Waals surface area contributed by atoms with E-state index in [0.29, 0.717) is 18.2 Å². The molecule has 0 bridgehead atoms. The number of aromatic nitrogens is 4. The molecule has 0 spiro atoms. The van der Waals surface area contributed by atoms with Crippen LogP contribution in [-0.4, -0.2) is 19.7 Å². The van der Waals surface area contributed by atoms with Crippen molar-refractivity contribution in [2.24, 2.45) is 0 Å². The molecule has 0 unspecified atom stereocenters. The quantitative estimate of drug-likeness (QED) is 0.794. The van der Waals surface area contributed by atoms with Crippen molar-refractivity contribution >= 4 is 23.2 Å². The summed E-state index contributed by atoms with van der Waals surface area (Å²) in [6.07, 6.45) is 1.92. The van der Waals surface area contributed by atoms with E-state index in [9.17, 15) is 4.79 Å². The van der Waals surface area contributed by atoms with Crippen molar-refractivity contribution in [3.63, 3.8) is 0 Å². The van der Waals surface area contributed by atoms with Gasteiger partial charge in [0.15, 0.2) is 5.15 Å². The minimum atomic E-state index is -0.442. The van der Waals surface area contributed by atoms with Gasteiger partial charge in [0.05, 0.1) is 6.33 Å². The van der Waals surface area contributed by atoms with Gasteiger partial charge in [0.25, 0.3) is 5.56 Å². The van der Waals surface area contributed by atoms with Gasteiger partial charge in [0.1, 0.15) is 11.6 Å². The second-order valence-corrected chi connectivity index (χ2v) is 3.96. The minimum absolute atomic E-state index is 0.0207. The van der Waals surface area contributed by atoms with Crippen molar-refractivity contribution in [1.29, 1.82) is 0 Å². The Morgan fingerprint density at radius 1 is 1.35 bits per heavy atom. The first-order chi connectivity index (χ1) is 8.11. The van der Waals surface area contributed by atoms with Gasteiger partial charge in [-0.15, -0.1) is 10.2 Å². The average molecular weight is 275 g/mol. The zero-order valence-corrected chi connectivity index (χ0v) is 10.4. The van der Waals surface area contributed by atoms with Gasteiger partial charge in [-0.1, -0.05) is 30.1 Å². The van der Waals surface area contributed by atoms with Crippen molar-refractivity contribution in [2.45, 2.75) is 19.9 Å². The van der Waals surface area contributed by atoms with Gasteiger partial charge in [-0.25, -0.2) is 4.98 Å². The van der Waals surface area contributed by atoms with E-state index in [1.165, 1.54) is 10.9 Å². The lowest BCUT2D eigenvalue weighted by atomic mass is 10.5. The molecule has 0 saturated carbocycles. The Morgan fingerprint density at radius 2 is 2.06 bits per heavy atom. The number of hydrogen-bond acceptors (Lipinski definition) is 5. The van der Waals surface area contributed by atoms with E-state index in [1.807, 2.05) is 6.92 Å². The van der Waals surface area contributed by atoms with Crippen LogP contribution in [0.5, 0.6) is 0 Å². The molecule has 2 aromatic rings. The molecule has 6 nitrogen and oxygen atoms in total. The van der Waals surface area contributed by atoms with Crippen molar-refractivity contribution in [3.05, 3.63) is 38.6 Å². The Labute approximate surface area is 106 Å². The normalized spacial score (nSPS) is 10.8. The highest BCUT2D eigenvalue weighted by Gasteiger charge is 2.10. The van der Waals surface area contributed by atoms with E-state index < -0.39 is 5.56 Å². The predicted molar refractivity (Wildman–Crippen MR) is 61.3 cm³/mol. The molecule has 0 aromatic carbocycles. The Kier molecular flexibility index (Phi) is 3.44. The Bertz CT molecular complexity index is 593. The summed E-state index contributed by atoms with van der Waals surface area (Å²) in [6, 6.07) is 0. The SMILES string of the molecule is CCc1nnc(Cn2cnc(Cl)c(Cl)c2=O)o1. The molecule has 17 heavy (non-hydrogen) atoms. The third-order valence-electron chi connectivity index (χ3n) is 2.06. The van der Waals surface area contributed by atoms with E-state index in [2.05, 4.69) is 15.2 Å². The summed E-state index contributed by atoms with van der Waals surface area (Å²) in [4.78, 5) is 15.5. The fraction of sp³-hybridized carbons (Fsp3) is 0.333. The summed E-state index contributed by atoms with van der Waals surface area (Å²) in [5, 5.41) is 7.44. The molecule has 8 heteroatoms. The summed E-state index contributed by atoms with van der Waals surface area (Å²) in [5.41, 5.74) is -0.442. The zero-order chi connectivity index (χ0) is 12.4. The number of nitrogens with zero attached hydrogens (tertiary/aromatic N) is 4. The number of halogens is 2. The maximum absolute atomic E-state index is 11.7. The second kappa shape index (κ2) is 4.85. The molecule has 0 aliphatic carbocycles. The van der Waals surface area contributed by atoms with Gasteiger partial charge in [-0.05, 0) is 0 Å². The van der Waals surface area contributed by atoms with Crippen molar-refractivity contribution in [2.75, 3.05) is 0 Å². The van der Waals surface area contributed by atoms with Gasteiger partial charge in [0.2, 0.25) is 11.8 Å². The molecule has 0 saturated heterocycles. The number of hydrogen-bond donors (Lipinski definition) is 0. The van der Waals surface area contributed by atoms with Gasteiger partial charge >= 0.3 is 0 Å². The van der Waals surface area contributed by atoms with Crippen molar-refractivity contribution in [1.82, 2.24) is 19.7 Å². The smallest absolute Gasteiger partial charge is 0.274 e. The van der Waals surface area contributed by atoms with Crippen LogP contribution in [0.25, 0.3) is 0 Å². The highest BCUT2D eigenvalue weighted by molar-refractivity contribution is 6.40. The van der Waals surface area contributed by atoms with Gasteiger partial charge in [-0.2, -0.15) is 0 Å². The van der Waals surface area contributed by atoms with Crippen LogP contribution in [0.3, 0.4) is 0 Å². The van der Waals surface area contributed by atoms with Crippen LogP contribution >= 0.6 is 23.2 Å². The molecule has 2 aromatic heterocycles. The van der Waals surface area contributed by atoms with E-state index in [4.69, 9.17) is 27.6 Å². The lowest BCUT2D eigenvalue weighted by Crippen LogP contribution is -2.21. The Balaban J connectivity index is 2.30. The van der Waals surface area contributed by atoms with Crippen LogP contribution in [0.4, 0.5) is 0 Å². The lowest BCUT2D eigenvalue weighted by molar-refractivity contribution is 0.439. The molecule has 0 radical (unpaired) electrons. The van der Waals surface area contributed by atoms with E-state index in [1.54, 1.807) is 0 Å². The highest BCUT2D eigenvalue weighted by atomic mass is 35.5. The van der Waals surface area contributed by atoms with Crippen LogP contribution in [0.15, 0.2) is 15.5 Å². The molecule has 0 N–H and O–H groups in total. The first-order valence-corrected chi connectivity index (χ1v) is 5.59. The third kappa shape index (κ3) is 2.48. The largest absolute Gasteiger partial charge is 0.423 e. The maximum Gasteiger partial charge on any atom is 0.274 e. The van der Waals surface area contributed by atoms with Crippen LogP contribution in [-0.2, 0) is 13.0 Å². The summed E-state index contributed by atoms with van der Waals surface area (Å²) in [7, 11) is 0. The lowest BCUT2D eigenvalue weighted by Gasteiger charge is -2.02. The summed E-state index contributed by atoms with van der Waals surface area (Å²) in [5.74, 6) is 0.838. The number of rotatable bonds is 3. The highest BCUT2D eigenvalue weighted by Crippen LogP contribution is 2.13. The Hall–Kier alpha value is -1.40. The first-order valence-electron chi connectivity index (χ1n) is 4.83. The molecule has 0 amide bonds. The van der Waals surface area contributed by atoms with E-state index >= 15 is 0 Å². The molecule has 2 rings (SSSR count). The van der Waals surface area contributed by atoms with Gasteiger partial charge in [-0.3, -0.25) is 9.36 Å². The third-order valence-corrected chi connectivity index (χ3v) is 2.78. The maximum atomic E-state index is 11.7. The molecule has 0 aliphatic heterocycles. The van der Waals surface area contributed by atoms with Gasteiger partial charge < -0.3 is 4.42 Å². The first kappa shape index (κ1) is 12.1. The van der Waals surface area contributed by atoms with Crippen LogP contribution < -0.4 is 5.56 Å². The van der Waals surface area contributed by atoms with Crippen molar-refractivity contribution < 1.29 is 4.42 Å². The Morgan fingerprint density at radius 3 is 2.71 bits per heavy atom. The van der Waals surface area contributed by atoms with E-state index in [-0.39, 0.29) is 16.7 Å². The monoisotopic (exact) mass is 274 g/mol. The topological polar surface area (TPSA) is 73.8 Å². The van der Waals surface area contributed by atoms with Crippen LogP contribution in [0.2, 0.25) is 10.2 Å². The second-order valence-electron chi connectivity index (χ2n) is 3.23. The number of aryl methyl sites for hydroxylation is 1. The predicted octanol–water partition coefficient (Wildman–Crippen LogP) is 1.54. The fourth-order valence-corrected chi connectivity index (χ4v) is 1.48. The summed E-state index contributed by atoms with van der Waals surface area (Å²) >= 11 is 11.3. The molecule has 0 atom stereocenters.